The van der Waals surface area contributed by atoms with Crippen LogP contribution in [0.5, 0.6) is 0 Å². The maximum absolute atomic E-state index is 11.6. The predicted molar refractivity (Wildman–Crippen MR) is 93.6 cm³/mol. The predicted octanol–water partition coefficient (Wildman–Crippen LogP) is 4.10. The Balaban J connectivity index is 1.97. The van der Waals surface area contributed by atoms with Gasteiger partial charge in [0.05, 0.1) is 12.3 Å². The molecule has 0 saturated carbocycles. The molecule has 1 amide bonds. The molecule has 5 nitrogen and oxygen atoms in total. The summed E-state index contributed by atoms with van der Waals surface area (Å²) in [4.78, 5) is 11.6. The highest BCUT2D eigenvalue weighted by Crippen LogP contribution is 2.21. The molecule has 0 bridgehead atoms. The lowest BCUT2D eigenvalue weighted by Gasteiger charge is -2.16. The number of benzene rings is 2. The van der Waals surface area contributed by atoms with Gasteiger partial charge in [0.1, 0.15) is 0 Å². The number of nitrogens with zero attached hydrogens (tertiary/aromatic N) is 1. The van der Waals surface area contributed by atoms with Gasteiger partial charge >= 0.3 is 6.09 Å². The van der Waals surface area contributed by atoms with Gasteiger partial charge in [0.15, 0.2) is 0 Å². The van der Waals surface area contributed by atoms with E-state index in [4.69, 9.17) is 22.2 Å². The van der Waals surface area contributed by atoms with E-state index in [0.717, 1.165) is 26.8 Å². The summed E-state index contributed by atoms with van der Waals surface area (Å²) in [6.07, 6.45) is -0.576. The van der Waals surface area contributed by atoms with Crippen molar-refractivity contribution in [2.24, 2.45) is 5.84 Å². The first kappa shape index (κ1) is 17.1. The lowest BCUT2D eigenvalue weighted by molar-refractivity contribution is 0.160. The van der Waals surface area contributed by atoms with Gasteiger partial charge in [-0.05, 0) is 49.2 Å². The van der Waals surface area contributed by atoms with E-state index in [2.05, 4.69) is 5.32 Å². The number of nitrogens with one attached hydrogen (secondary N) is 1. The first-order chi connectivity index (χ1) is 11.0. The lowest BCUT2D eigenvalue weighted by Crippen LogP contribution is -2.37. The second kappa shape index (κ2) is 7.85. The fourth-order valence-corrected chi connectivity index (χ4v) is 2.16. The van der Waals surface area contributed by atoms with Crippen LogP contribution in [0.3, 0.4) is 0 Å². The fraction of sp³-hybridized carbons (Fsp3) is 0.235. The van der Waals surface area contributed by atoms with E-state index in [1.807, 2.05) is 37.3 Å². The smallest absolute Gasteiger partial charge is 0.428 e. The zero-order chi connectivity index (χ0) is 16.8. The molecule has 23 heavy (non-hydrogen) atoms. The molecular weight excluding hydrogens is 314 g/mol. The number of halogens is 1. The van der Waals surface area contributed by atoms with Gasteiger partial charge in [-0.2, -0.15) is 0 Å². The largest absolute Gasteiger partial charge is 0.449 e. The average Bonchev–Trinajstić information content (AvgIpc) is 2.56. The number of hydrogen-bond donors (Lipinski definition) is 2. The number of hydrazine groups is 1. The van der Waals surface area contributed by atoms with E-state index in [0.29, 0.717) is 12.2 Å². The summed E-state index contributed by atoms with van der Waals surface area (Å²) in [5, 5.41) is 5.02. The summed E-state index contributed by atoms with van der Waals surface area (Å²) in [6, 6.07) is 13.2. The highest BCUT2D eigenvalue weighted by molar-refractivity contribution is 6.31. The standard InChI is InChI=1S/C17H20ClN3O2/c1-3-23-17(22)21(19)15-8-5-13(6-9-15)11-20-14-7-4-12(2)16(18)10-14/h4-10,20H,3,11,19H2,1-2H3. The molecule has 0 heterocycles. The maximum atomic E-state index is 11.6. The van der Waals surface area contributed by atoms with Crippen molar-refractivity contribution >= 4 is 29.1 Å². The summed E-state index contributed by atoms with van der Waals surface area (Å²) < 4.78 is 4.85. The van der Waals surface area contributed by atoms with Crippen LogP contribution >= 0.6 is 11.6 Å². The Kier molecular flexibility index (Phi) is 5.84. The number of nitrogens with two attached hydrogens (primary N) is 1. The van der Waals surface area contributed by atoms with Gasteiger partial charge in [-0.25, -0.2) is 15.6 Å². The molecule has 6 heteroatoms. The first-order valence-electron chi connectivity index (χ1n) is 7.31. The molecule has 3 N–H and O–H groups in total. The Morgan fingerprint density at radius 2 is 1.96 bits per heavy atom. The van der Waals surface area contributed by atoms with Gasteiger partial charge in [-0.1, -0.05) is 29.8 Å². The molecule has 0 saturated heterocycles. The van der Waals surface area contributed by atoms with E-state index in [1.54, 1.807) is 19.1 Å². The Bertz CT molecular complexity index is 674. The highest BCUT2D eigenvalue weighted by Gasteiger charge is 2.12. The van der Waals surface area contributed by atoms with E-state index in [1.165, 1.54) is 0 Å². The van der Waals surface area contributed by atoms with Gasteiger partial charge in [-0.3, -0.25) is 0 Å². The third kappa shape index (κ3) is 4.61. The van der Waals surface area contributed by atoms with Crippen LogP contribution in [0.4, 0.5) is 16.2 Å². The summed E-state index contributed by atoms with van der Waals surface area (Å²) in [6.45, 7) is 4.63. The number of rotatable bonds is 5. The fourth-order valence-electron chi connectivity index (χ4n) is 1.98. The summed E-state index contributed by atoms with van der Waals surface area (Å²) in [5.74, 6) is 5.70. The van der Waals surface area contributed by atoms with Gasteiger partial charge in [-0.15, -0.1) is 0 Å². The average molecular weight is 334 g/mol. The van der Waals surface area contributed by atoms with Crippen LogP contribution in [0.2, 0.25) is 5.02 Å². The molecule has 0 spiro atoms. The number of carbonyl (C=O) groups is 1. The normalized spacial score (nSPS) is 10.3. The van der Waals surface area contributed by atoms with Crippen molar-refractivity contribution in [2.45, 2.75) is 20.4 Å². The lowest BCUT2D eigenvalue weighted by atomic mass is 10.2. The number of amides is 1. The Labute approximate surface area is 141 Å². The van der Waals surface area contributed by atoms with Crippen LogP contribution in [0.1, 0.15) is 18.1 Å². The van der Waals surface area contributed by atoms with Crippen molar-refractivity contribution in [1.82, 2.24) is 0 Å². The van der Waals surface area contributed by atoms with Crippen LogP contribution in [0, 0.1) is 6.92 Å². The SMILES string of the molecule is CCOC(=O)N(N)c1ccc(CNc2ccc(C)c(Cl)c2)cc1. The highest BCUT2D eigenvalue weighted by atomic mass is 35.5. The molecule has 2 aromatic rings. The molecule has 0 unspecified atom stereocenters. The van der Waals surface area contributed by atoms with Gasteiger partial charge in [0.25, 0.3) is 0 Å². The molecule has 0 aliphatic carbocycles. The molecule has 2 rings (SSSR count). The summed E-state index contributed by atoms with van der Waals surface area (Å²) in [7, 11) is 0. The van der Waals surface area contributed by atoms with Crippen LogP contribution in [-0.4, -0.2) is 12.7 Å². The van der Waals surface area contributed by atoms with Crippen molar-refractivity contribution < 1.29 is 9.53 Å². The maximum Gasteiger partial charge on any atom is 0.428 e. The first-order valence-corrected chi connectivity index (χ1v) is 7.69. The quantitative estimate of drug-likeness (QED) is 0.491. The molecule has 0 aliphatic heterocycles. The van der Waals surface area contributed by atoms with Gasteiger partial charge < -0.3 is 10.1 Å². The van der Waals surface area contributed by atoms with Gasteiger partial charge in [0, 0.05) is 17.3 Å². The van der Waals surface area contributed by atoms with Crippen LogP contribution in [0.25, 0.3) is 0 Å². The second-order valence-electron chi connectivity index (χ2n) is 5.05. The summed E-state index contributed by atoms with van der Waals surface area (Å²) >= 11 is 6.10. The van der Waals surface area contributed by atoms with Crippen molar-refractivity contribution in [3.05, 3.63) is 58.6 Å². The van der Waals surface area contributed by atoms with E-state index < -0.39 is 6.09 Å². The van der Waals surface area contributed by atoms with E-state index >= 15 is 0 Å². The van der Waals surface area contributed by atoms with Crippen LogP contribution in [-0.2, 0) is 11.3 Å². The number of hydrogen-bond acceptors (Lipinski definition) is 4. The van der Waals surface area contributed by atoms with Crippen molar-refractivity contribution in [1.29, 1.82) is 0 Å². The molecule has 0 aliphatic rings. The number of carbonyl (C=O) groups excluding carboxylic acids is 1. The van der Waals surface area contributed by atoms with E-state index in [9.17, 15) is 4.79 Å². The molecule has 2 aromatic carbocycles. The molecule has 0 fully saturated rings. The molecule has 0 aromatic heterocycles. The minimum Gasteiger partial charge on any atom is -0.449 e. The topological polar surface area (TPSA) is 67.6 Å². The van der Waals surface area contributed by atoms with Crippen molar-refractivity contribution in [2.75, 3.05) is 16.9 Å². The Morgan fingerprint density at radius 1 is 1.26 bits per heavy atom. The van der Waals surface area contributed by atoms with Crippen LogP contribution in [0.15, 0.2) is 42.5 Å². The third-order valence-corrected chi connectivity index (χ3v) is 3.75. The summed E-state index contributed by atoms with van der Waals surface area (Å²) in [5.41, 5.74) is 3.63. The number of aryl methyl sites for hydroxylation is 1. The Hall–Kier alpha value is -2.24. The zero-order valence-electron chi connectivity index (χ0n) is 13.2. The van der Waals surface area contributed by atoms with Gasteiger partial charge in [0.2, 0.25) is 0 Å². The molecule has 0 radical (unpaired) electrons. The van der Waals surface area contributed by atoms with Crippen LogP contribution < -0.4 is 16.2 Å². The zero-order valence-corrected chi connectivity index (χ0v) is 13.9. The molecule has 122 valence electrons. The monoisotopic (exact) mass is 333 g/mol. The second-order valence-corrected chi connectivity index (χ2v) is 5.46. The minimum atomic E-state index is -0.576. The number of ether oxygens (including phenoxy) is 1. The molecular formula is C17H20ClN3O2. The van der Waals surface area contributed by atoms with Crippen molar-refractivity contribution in [3.63, 3.8) is 0 Å². The number of anilines is 2. The molecule has 0 atom stereocenters. The third-order valence-electron chi connectivity index (χ3n) is 3.35. The van der Waals surface area contributed by atoms with E-state index in [-0.39, 0.29) is 6.61 Å². The minimum absolute atomic E-state index is 0.285. The Morgan fingerprint density at radius 3 is 2.57 bits per heavy atom. The van der Waals surface area contributed by atoms with Crippen molar-refractivity contribution in [3.8, 4) is 0 Å².